The lowest BCUT2D eigenvalue weighted by Crippen LogP contribution is -2.39. The molecule has 0 radical (unpaired) electrons. The molecule has 1 aliphatic carbocycles. The van der Waals surface area contributed by atoms with Crippen molar-refractivity contribution >= 4 is 29.9 Å². The van der Waals surface area contributed by atoms with E-state index in [0.717, 1.165) is 37.1 Å². The zero-order chi connectivity index (χ0) is 16.1. The summed E-state index contributed by atoms with van der Waals surface area (Å²) in [4.78, 5) is 4.66. The number of benzene rings is 1. The first-order valence-electron chi connectivity index (χ1n) is 8.40. The Morgan fingerprint density at radius 1 is 1.33 bits per heavy atom. The van der Waals surface area contributed by atoms with Gasteiger partial charge in [0.15, 0.2) is 5.96 Å². The lowest BCUT2D eigenvalue weighted by atomic mass is 10.2. The molecule has 2 N–H and O–H groups in total. The summed E-state index contributed by atoms with van der Waals surface area (Å²) >= 11 is 0. The fourth-order valence-electron chi connectivity index (χ4n) is 2.53. The SMILES string of the molecule is CCNC(=NCCc1cnn(-c2ccccc2)c1)NC1CC1C.I. The lowest BCUT2D eigenvalue weighted by molar-refractivity contribution is 0.765. The van der Waals surface area contributed by atoms with Gasteiger partial charge in [0.05, 0.1) is 11.9 Å². The van der Waals surface area contributed by atoms with Crippen molar-refractivity contribution in [3.8, 4) is 5.69 Å². The first-order chi connectivity index (χ1) is 11.3. The highest BCUT2D eigenvalue weighted by Crippen LogP contribution is 2.28. The number of hydrogen-bond donors (Lipinski definition) is 2. The second kappa shape index (κ2) is 9.05. The predicted octanol–water partition coefficient (Wildman–Crippen LogP) is 3.00. The molecule has 1 saturated carbocycles. The topological polar surface area (TPSA) is 54.2 Å². The number of rotatable bonds is 6. The fraction of sp³-hybridized carbons (Fsp3) is 0.444. The molecule has 1 aliphatic rings. The van der Waals surface area contributed by atoms with E-state index < -0.39 is 0 Å². The molecule has 0 spiro atoms. The van der Waals surface area contributed by atoms with E-state index in [2.05, 4.69) is 52.9 Å². The van der Waals surface area contributed by atoms with E-state index in [1.807, 2.05) is 29.1 Å². The van der Waals surface area contributed by atoms with Gasteiger partial charge in [-0.15, -0.1) is 24.0 Å². The molecule has 0 saturated heterocycles. The molecular weight excluding hydrogens is 413 g/mol. The summed E-state index contributed by atoms with van der Waals surface area (Å²) in [5.41, 5.74) is 2.29. The van der Waals surface area contributed by atoms with Gasteiger partial charge in [-0.2, -0.15) is 5.10 Å². The lowest BCUT2D eigenvalue weighted by Gasteiger charge is -2.10. The van der Waals surface area contributed by atoms with Crippen LogP contribution in [0.25, 0.3) is 5.69 Å². The van der Waals surface area contributed by atoms with E-state index >= 15 is 0 Å². The van der Waals surface area contributed by atoms with Gasteiger partial charge in [-0.25, -0.2) is 4.68 Å². The van der Waals surface area contributed by atoms with E-state index in [9.17, 15) is 0 Å². The van der Waals surface area contributed by atoms with Crippen molar-refractivity contribution in [3.63, 3.8) is 0 Å². The van der Waals surface area contributed by atoms with Crippen LogP contribution in [0.15, 0.2) is 47.7 Å². The van der Waals surface area contributed by atoms with Crippen LogP contribution >= 0.6 is 24.0 Å². The normalized spacial score (nSPS) is 19.5. The van der Waals surface area contributed by atoms with Crippen molar-refractivity contribution in [2.24, 2.45) is 10.9 Å². The van der Waals surface area contributed by atoms with Gasteiger partial charge in [-0.1, -0.05) is 25.1 Å². The molecule has 2 atom stereocenters. The molecular formula is C18H26IN5. The number of aromatic nitrogens is 2. The van der Waals surface area contributed by atoms with Gasteiger partial charge in [0, 0.05) is 25.3 Å². The number of guanidine groups is 1. The maximum atomic E-state index is 4.66. The van der Waals surface area contributed by atoms with Gasteiger partial charge in [0.2, 0.25) is 0 Å². The maximum absolute atomic E-state index is 4.66. The standard InChI is InChI=1S/C18H25N5.HI/c1-3-19-18(22-17-11-14(17)2)20-10-9-15-12-21-23(13-15)16-7-5-4-6-8-16;/h4-8,12-14,17H,3,9-11H2,1-2H3,(H2,19,20,22);1H. The third-order valence-corrected chi connectivity index (χ3v) is 4.10. The van der Waals surface area contributed by atoms with Gasteiger partial charge < -0.3 is 10.6 Å². The highest BCUT2D eigenvalue weighted by molar-refractivity contribution is 14.0. The van der Waals surface area contributed by atoms with Crippen LogP contribution in [-0.2, 0) is 6.42 Å². The number of nitrogens with one attached hydrogen (secondary N) is 2. The second-order valence-electron chi connectivity index (χ2n) is 6.10. The smallest absolute Gasteiger partial charge is 0.191 e. The summed E-state index contributed by atoms with van der Waals surface area (Å²) in [7, 11) is 0. The summed E-state index contributed by atoms with van der Waals surface area (Å²) in [5, 5.41) is 11.2. The minimum Gasteiger partial charge on any atom is -0.357 e. The molecule has 3 rings (SSSR count). The van der Waals surface area contributed by atoms with E-state index in [-0.39, 0.29) is 24.0 Å². The first kappa shape index (κ1) is 18.8. The van der Waals surface area contributed by atoms with Gasteiger partial charge in [0.1, 0.15) is 0 Å². The Morgan fingerprint density at radius 2 is 2.08 bits per heavy atom. The van der Waals surface area contributed by atoms with Crippen LogP contribution < -0.4 is 10.6 Å². The minimum absolute atomic E-state index is 0. The average molecular weight is 439 g/mol. The molecule has 24 heavy (non-hydrogen) atoms. The third-order valence-electron chi connectivity index (χ3n) is 4.10. The van der Waals surface area contributed by atoms with Crippen LogP contribution in [0.4, 0.5) is 0 Å². The van der Waals surface area contributed by atoms with Crippen molar-refractivity contribution in [2.75, 3.05) is 13.1 Å². The summed E-state index contributed by atoms with van der Waals surface area (Å²) in [6, 6.07) is 10.8. The van der Waals surface area contributed by atoms with E-state index in [0.29, 0.717) is 6.04 Å². The van der Waals surface area contributed by atoms with Gasteiger partial charge in [-0.05, 0) is 43.4 Å². The van der Waals surface area contributed by atoms with Crippen LogP contribution in [0.2, 0.25) is 0 Å². The number of hydrogen-bond acceptors (Lipinski definition) is 2. The Bertz CT molecular complexity index is 652. The monoisotopic (exact) mass is 439 g/mol. The molecule has 2 unspecified atom stereocenters. The van der Waals surface area contributed by atoms with Crippen LogP contribution in [0.1, 0.15) is 25.8 Å². The summed E-state index contributed by atoms with van der Waals surface area (Å²) in [6.07, 6.45) is 6.14. The molecule has 130 valence electrons. The molecule has 0 bridgehead atoms. The van der Waals surface area contributed by atoms with Crippen molar-refractivity contribution < 1.29 is 0 Å². The van der Waals surface area contributed by atoms with E-state index in [1.165, 1.54) is 12.0 Å². The highest BCUT2D eigenvalue weighted by atomic mass is 127. The number of aliphatic imine (C=N–C) groups is 1. The van der Waals surface area contributed by atoms with Gasteiger partial charge >= 0.3 is 0 Å². The van der Waals surface area contributed by atoms with Gasteiger partial charge in [-0.3, -0.25) is 4.99 Å². The van der Waals surface area contributed by atoms with Crippen molar-refractivity contribution in [3.05, 3.63) is 48.3 Å². The largest absolute Gasteiger partial charge is 0.357 e. The van der Waals surface area contributed by atoms with Crippen LogP contribution in [0, 0.1) is 5.92 Å². The van der Waals surface area contributed by atoms with Crippen molar-refractivity contribution in [2.45, 2.75) is 32.7 Å². The minimum atomic E-state index is 0. The highest BCUT2D eigenvalue weighted by Gasteiger charge is 2.33. The zero-order valence-electron chi connectivity index (χ0n) is 14.3. The van der Waals surface area contributed by atoms with Crippen LogP contribution in [-0.4, -0.2) is 34.9 Å². The number of halogens is 1. The molecule has 2 aromatic rings. The van der Waals surface area contributed by atoms with Gasteiger partial charge in [0.25, 0.3) is 0 Å². The summed E-state index contributed by atoms with van der Waals surface area (Å²) < 4.78 is 1.91. The van der Waals surface area contributed by atoms with Crippen molar-refractivity contribution in [1.29, 1.82) is 0 Å². The predicted molar refractivity (Wildman–Crippen MR) is 109 cm³/mol. The maximum Gasteiger partial charge on any atom is 0.191 e. The summed E-state index contributed by atoms with van der Waals surface area (Å²) in [6.45, 7) is 6.01. The molecule has 1 fully saturated rings. The molecule has 1 aromatic carbocycles. The Hall–Kier alpha value is -1.57. The molecule has 5 nitrogen and oxygen atoms in total. The van der Waals surface area contributed by atoms with E-state index in [4.69, 9.17) is 0 Å². The molecule has 1 heterocycles. The van der Waals surface area contributed by atoms with Crippen LogP contribution in [0.5, 0.6) is 0 Å². The molecule has 1 aromatic heterocycles. The molecule has 0 amide bonds. The number of nitrogens with zero attached hydrogens (tertiary/aromatic N) is 3. The first-order valence-corrected chi connectivity index (χ1v) is 8.40. The second-order valence-corrected chi connectivity index (χ2v) is 6.10. The average Bonchev–Trinajstić information content (AvgIpc) is 3.07. The fourth-order valence-corrected chi connectivity index (χ4v) is 2.53. The Kier molecular flexibility index (Phi) is 7.08. The Morgan fingerprint density at radius 3 is 2.75 bits per heavy atom. The number of para-hydroxylation sites is 1. The molecule has 0 aliphatic heterocycles. The quantitative estimate of drug-likeness (QED) is 0.414. The van der Waals surface area contributed by atoms with E-state index in [1.54, 1.807) is 0 Å². The summed E-state index contributed by atoms with van der Waals surface area (Å²) in [5.74, 6) is 1.69. The Balaban J connectivity index is 0.00000208. The molecule has 6 heteroatoms. The van der Waals surface area contributed by atoms with Crippen molar-refractivity contribution in [1.82, 2.24) is 20.4 Å². The third kappa shape index (κ3) is 5.22. The zero-order valence-corrected chi connectivity index (χ0v) is 16.6. The Labute approximate surface area is 161 Å². The van der Waals surface area contributed by atoms with Crippen LogP contribution in [0.3, 0.4) is 0 Å².